The van der Waals surface area contributed by atoms with Crippen LogP contribution in [0.4, 0.5) is 8.78 Å². The fourth-order valence-corrected chi connectivity index (χ4v) is 0.984. The average molecular weight is 186 g/mol. The fraction of sp³-hybridized carbons (Fsp3) is 0.167. The number of rotatable bonds is 1. The third-order valence-corrected chi connectivity index (χ3v) is 1.53. The van der Waals surface area contributed by atoms with Gasteiger partial charge in [-0.2, -0.15) is 5.10 Å². The van der Waals surface area contributed by atoms with E-state index >= 15 is 0 Å². The Kier molecular flexibility index (Phi) is 1.57. The zero-order chi connectivity index (χ0) is 9.42. The van der Waals surface area contributed by atoms with Crippen LogP contribution in [0, 0.1) is 0 Å². The van der Waals surface area contributed by atoms with Crippen LogP contribution in [0.5, 0.6) is 0 Å². The van der Waals surface area contributed by atoms with E-state index in [1.165, 1.54) is 6.20 Å². The van der Waals surface area contributed by atoms with E-state index in [0.29, 0.717) is 0 Å². The number of imidazole rings is 1. The number of halogens is 2. The lowest BCUT2D eigenvalue weighted by molar-refractivity contribution is 0.142. The maximum absolute atomic E-state index is 12.1. The van der Waals surface area contributed by atoms with Crippen molar-refractivity contribution in [3.63, 3.8) is 0 Å². The minimum absolute atomic E-state index is 0.0506. The van der Waals surface area contributed by atoms with Gasteiger partial charge < -0.3 is 4.98 Å². The highest BCUT2D eigenvalue weighted by Gasteiger charge is 2.13. The molecule has 68 valence electrons. The van der Waals surface area contributed by atoms with Gasteiger partial charge in [-0.25, -0.2) is 18.9 Å². The maximum Gasteiger partial charge on any atom is 0.295 e. The van der Waals surface area contributed by atoms with Crippen LogP contribution in [0.15, 0.2) is 11.0 Å². The van der Waals surface area contributed by atoms with Crippen LogP contribution in [0.3, 0.4) is 0 Å². The van der Waals surface area contributed by atoms with E-state index in [2.05, 4.69) is 20.2 Å². The molecular weight excluding hydrogens is 182 g/mol. The van der Waals surface area contributed by atoms with E-state index in [9.17, 15) is 13.6 Å². The molecule has 5 nitrogen and oxygen atoms in total. The van der Waals surface area contributed by atoms with Crippen molar-refractivity contribution in [1.29, 1.82) is 0 Å². The van der Waals surface area contributed by atoms with Crippen LogP contribution >= 0.6 is 0 Å². The lowest BCUT2D eigenvalue weighted by Gasteiger charge is -1.87. The first-order chi connectivity index (χ1) is 6.18. The molecule has 13 heavy (non-hydrogen) atoms. The number of nitrogens with one attached hydrogen (secondary N) is 2. The number of aromatic nitrogens is 4. The molecule has 0 aliphatic rings. The van der Waals surface area contributed by atoms with Crippen molar-refractivity contribution in [2.45, 2.75) is 6.43 Å². The Hall–Kier alpha value is -1.79. The third kappa shape index (κ3) is 1.17. The first kappa shape index (κ1) is 7.84. The summed E-state index contributed by atoms with van der Waals surface area (Å²) in [5.41, 5.74) is -0.426. The zero-order valence-electron chi connectivity index (χ0n) is 6.21. The average Bonchev–Trinajstić information content (AvgIpc) is 2.49. The van der Waals surface area contributed by atoms with Crippen molar-refractivity contribution < 1.29 is 8.78 Å². The Morgan fingerprint density at radius 3 is 2.85 bits per heavy atom. The Morgan fingerprint density at radius 1 is 1.46 bits per heavy atom. The fourth-order valence-electron chi connectivity index (χ4n) is 0.984. The van der Waals surface area contributed by atoms with Crippen molar-refractivity contribution >= 4 is 11.0 Å². The van der Waals surface area contributed by atoms with Crippen molar-refractivity contribution in [2.24, 2.45) is 0 Å². The van der Waals surface area contributed by atoms with Gasteiger partial charge in [0.2, 0.25) is 0 Å². The molecule has 0 spiro atoms. The number of hydrogen-bond acceptors (Lipinski definition) is 3. The zero-order valence-corrected chi connectivity index (χ0v) is 6.21. The van der Waals surface area contributed by atoms with Gasteiger partial charge in [-0.1, -0.05) is 0 Å². The number of nitrogens with zero attached hydrogens (tertiary/aromatic N) is 2. The molecule has 2 heterocycles. The summed E-state index contributed by atoms with van der Waals surface area (Å²) in [6.07, 6.45) is -1.48. The SMILES string of the molecule is O=c1[nH]ncc2[nH]c(C(F)F)nc12. The maximum atomic E-state index is 12.1. The molecule has 0 aromatic carbocycles. The van der Waals surface area contributed by atoms with Gasteiger partial charge in [0, 0.05) is 0 Å². The molecular formula is C6H4F2N4O. The minimum atomic E-state index is -2.72. The summed E-state index contributed by atoms with van der Waals surface area (Å²) in [6, 6.07) is 0. The van der Waals surface area contributed by atoms with Gasteiger partial charge in [-0.15, -0.1) is 0 Å². The van der Waals surface area contributed by atoms with Gasteiger partial charge in [0.1, 0.15) is 0 Å². The summed E-state index contributed by atoms with van der Waals surface area (Å²) in [5, 5.41) is 5.52. The first-order valence-electron chi connectivity index (χ1n) is 3.40. The van der Waals surface area contributed by atoms with E-state index in [1.54, 1.807) is 0 Å². The van der Waals surface area contributed by atoms with E-state index < -0.39 is 17.8 Å². The van der Waals surface area contributed by atoms with E-state index in [1.807, 2.05) is 0 Å². The number of H-pyrrole nitrogens is 2. The highest BCUT2D eigenvalue weighted by molar-refractivity contribution is 5.72. The van der Waals surface area contributed by atoms with Crippen LogP contribution in [0.1, 0.15) is 12.2 Å². The highest BCUT2D eigenvalue weighted by Crippen LogP contribution is 2.16. The van der Waals surface area contributed by atoms with Crippen LogP contribution < -0.4 is 5.56 Å². The number of aromatic amines is 2. The summed E-state index contributed by atoms with van der Waals surface area (Å²) < 4.78 is 24.2. The normalized spacial score (nSPS) is 11.3. The van der Waals surface area contributed by atoms with Crippen molar-refractivity contribution in [3.8, 4) is 0 Å². The van der Waals surface area contributed by atoms with Crippen molar-refractivity contribution in [2.75, 3.05) is 0 Å². The van der Waals surface area contributed by atoms with E-state index in [-0.39, 0.29) is 11.0 Å². The summed E-state index contributed by atoms with van der Waals surface area (Å²) in [5.74, 6) is -0.520. The molecule has 0 saturated carbocycles. The molecule has 0 aliphatic heterocycles. The van der Waals surface area contributed by atoms with E-state index in [0.717, 1.165) is 0 Å². The van der Waals surface area contributed by atoms with Crippen molar-refractivity contribution in [1.82, 2.24) is 20.2 Å². The van der Waals surface area contributed by atoms with Crippen LogP contribution in [0.25, 0.3) is 11.0 Å². The van der Waals surface area contributed by atoms with Gasteiger partial charge in [-0.3, -0.25) is 4.79 Å². The Bertz CT molecular complexity index is 489. The monoisotopic (exact) mass is 186 g/mol. The predicted octanol–water partition coefficient (Wildman–Crippen LogP) is 0.584. The molecule has 0 atom stereocenters. The minimum Gasteiger partial charge on any atom is -0.336 e. The topological polar surface area (TPSA) is 74.4 Å². The molecule has 0 radical (unpaired) electrons. The van der Waals surface area contributed by atoms with Crippen molar-refractivity contribution in [3.05, 3.63) is 22.4 Å². The summed E-state index contributed by atoms with van der Waals surface area (Å²) in [6.45, 7) is 0. The lowest BCUT2D eigenvalue weighted by atomic mass is 10.5. The smallest absolute Gasteiger partial charge is 0.295 e. The van der Waals surface area contributed by atoms with Crippen LogP contribution in [-0.2, 0) is 0 Å². The second-order valence-corrected chi connectivity index (χ2v) is 2.38. The Morgan fingerprint density at radius 2 is 2.23 bits per heavy atom. The summed E-state index contributed by atoms with van der Waals surface area (Å²) >= 11 is 0. The van der Waals surface area contributed by atoms with Gasteiger partial charge in [0.15, 0.2) is 11.3 Å². The number of fused-ring (bicyclic) bond motifs is 1. The third-order valence-electron chi connectivity index (χ3n) is 1.53. The molecule has 2 rings (SSSR count). The molecule has 2 aromatic heterocycles. The van der Waals surface area contributed by atoms with Gasteiger partial charge in [0.05, 0.1) is 11.7 Å². The molecule has 0 aliphatic carbocycles. The Balaban J connectivity index is 2.76. The molecule has 7 heteroatoms. The quantitative estimate of drug-likeness (QED) is 0.684. The second-order valence-electron chi connectivity index (χ2n) is 2.38. The highest BCUT2D eigenvalue weighted by atomic mass is 19.3. The molecule has 0 fully saturated rings. The molecule has 0 saturated heterocycles. The molecule has 2 N–H and O–H groups in total. The predicted molar refractivity (Wildman–Crippen MR) is 39.5 cm³/mol. The molecule has 0 amide bonds. The van der Waals surface area contributed by atoms with Crippen LogP contribution in [0.2, 0.25) is 0 Å². The van der Waals surface area contributed by atoms with Gasteiger partial charge in [0.25, 0.3) is 12.0 Å². The van der Waals surface area contributed by atoms with Gasteiger partial charge in [-0.05, 0) is 0 Å². The van der Waals surface area contributed by atoms with Gasteiger partial charge >= 0.3 is 0 Å². The second kappa shape index (κ2) is 2.61. The summed E-state index contributed by atoms with van der Waals surface area (Å²) in [4.78, 5) is 16.7. The molecule has 2 aromatic rings. The molecule has 0 bridgehead atoms. The summed E-state index contributed by atoms with van der Waals surface area (Å²) in [7, 11) is 0. The molecule has 0 unspecified atom stereocenters. The number of alkyl halides is 2. The largest absolute Gasteiger partial charge is 0.336 e. The lowest BCUT2D eigenvalue weighted by Crippen LogP contribution is -2.07. The number of hydrogen-bond donors (Lipinski definition) is 2. The Labute approximate surface area is 69.8 Å². The first-order valence-corrected chi connectivity index (χ1v) is 3.40. The van der Waals surface area contributed by atoms with E-state index in [4.69, 9.17) is 0 Å². The van der Waals surface area contributed by atoms with Crippen LogP contribution in [-0.4, -0.2) is 20.2 Å². The standard InChI is InChI=1S/C6H4F2N4O/c7-4(8)5-10-2-1-9-12-6(13)3(2)11-5/h1,4H,(H,10,11)(H,12,13).